The van der Waals surface area contributed by atoms with E-state index in [1.54, 1.807) is 0 Å². The van der Waals surface area contributed by atoms with E-state index >= 15 is 0 Å². The lowest BCUT2D eigenvalue weighted by atomic mass is 10.2. The molecule has 0 bridgehead atoms. The lowest BCUT2D eigenvalue weighted by molar-refractivity contribution is -0.400. The molecule has 1 rings (SSSR count). The van der Waals surface area contributed by atoms with Gasteiger partial charge in [0.2, 0.25) is 6.20 Å². The molecule has 0 radical (unpaired) electrons. The summed E-state index contributed by atoms with van der Waals surface area (Å²) in [5.74, 6) is -0.283. The van der Waals surface area contributed by atoms with Crippen molar-refractivity contribution in [2.75, 3.05) is 0 Å². The van der Waals surface area contributed by atoms with E-state index in [0.717, 1.165) is 12.1 Å². The molecular weight excluding hydrogens is 174 g/mol. The van der Waals surface area contributed by atoms with Gasteiger partial charge in [0.05, 0.1) is 4.92 Å². The van der Waals surface area contributed by atoms with Gasteiger partial charge < -0.3 is 10.2 Å². The van der Waals surface area contributed by atoms with Crippen molar-refractivity contribution in [3.05, 3.63) is 40.1 Å². The van der Waals surface area contributed by atoms with Crippen molar-refractivity contribution in [2.45, 2.75) is 0 Å². The number of phenols is 2. The number of hydrogen-bond acceptors (Lipinski definition) is 4. The summed E-state index contributed by atoms with van der Waals surface area (Å²) in [5, 5.41) is 28.0. The molecule has 2 N–H and O–H groups in total. The Labute approximate surface area is 73.7 Å². The van der Waals surface area contributed by atoms with Crippen LogP contribution >= 0.6 is 0 Å². The maximum absolute atomic E-state index is 9.94. The quantitative estimate of drug-likeness (QED) is 0.532. The SMILES string of the molecule is O=[N+]([O-])/C=C/c1ccc(O)cc1O. The molecule has 0 unspecified atom stereocenters. The van der Waals surface area contributed by atoms with Gasteiger partial charge in [-0.3, -0.25) is 10.1 Å². The van der Waals surface area contributed by atoms with E-state index in [0.29, 0.717) is 6.20 Å². The Morgan fingerprint density at radius 3 is 2.62 bits per heavy atom. The molecule has 0 aromatic heterocycles. The fraction of sp³-hybridized carbons (Fsp3) is 0. The molecule has 0 spiro atoms. The average Bonchev–Trinajstić information content (AvgIpc) is 2.02. The standard InChI is InChI=1S/C8H7NO4/c10-7-2-1-6(8(11)5-7)3-4-9(12)13/h1-5,10-11H/b4-3+. The van der Waals surface area contributed by atoms with Crippen LogP contribution in [0.2, 0.25) is 0 Å². The van der Waals surface area contributed by atoms with Crippen LogP contribution in [0.3, 0.4) is 0 Å². The number of aromatic hydroxyl groups is 2. The van der Waals surface area contributed by atoms with Crippen LogP contribution in [-0.2, 0) is 0 Å². The summed E-state index contributed by atoms with van der Waals surface area (Å²) >= 11 is 0. The number of benzene rings is 1. The van der Waals surface area contributed by atoms with Crippen molar-refractivity contribution in [1.82, 2.24) is 0 Å². The summed E-state index contributed by atoms with van der Waals surface area (Å²) in [5.41, 5.74) is 0.287. The number of nitrogens with zero attached hydrogens (tertiary/aromatic N) is 1. The van der Waals surface area contributed by atoms with Gasteiger partial charge in [-0.05, 0) is 12.1 Å². The molecule has 0 heterocycles. The van der Waals surface area contributed by atoms with E-state index in [1.165, 1.54) is 12.1 Å². The highest BCUT2D eigenvalue weighted by atomic mass is 16.6. The van der Waals surface area contributed by atoms with E-state index in [9.17, 15) is 15.2 Å². The molecule has 0 aliphatic rings. The van der Waals surface area contributed by atoms with Crippen LogP contribution in [0.15, 0.2) is 24.4 Å². The molecule has 0 amide bonds. The van der Waals surface area contributed by atoms with Gasteiger partial charge in [-0.1, -0.05) is 0 Å². The van der Waals surface area contributed by atoms with Gasteiger partial charge in [-0.15, -0.1) is 0 Å². The highest BCUT2D eigenvalue weighted by molar-refractivity contribution is 5.57. The Morgan fingerprint density at radius 1 is 1.38 bits per heavy atom. The Balaban J connectivity index is 2.96. The zero-order valence-electron chi connectivity index (χ0n) is 6.54. The highest BCUT2D eigenvalue weighted by Crippen LogP contribution is 2.23. The van der Waals surface area contributed by atoms with Crippen LogP contribution in [0, 0.1) is 10.1 Å². The molecule has 0 saturated heterocycles. The Bertz CT molecular complexity index is 359. The van der Waals surface area contributed by atoms with E-state index in [2.05, 4.69) is 0 Å². The Hall–Kier alpha value is -2.04. The number of hydrogen-bond donors (Lipinski definition) is 2. The lowest BCUT2D eigenvalue weighted by Gasteiger charge is -1.97. The molecule has 13 heavy (non-hydrogen) atoms. The summed E-state index contributed by atoms with van der Waals surface area (Å²) < 4.78 is 0. The van der Waals surface area contributed by atoms with Crippen LogP contribution in [0.1, 0.15) is 5.56 Å². The molecule has 0 saturated carbocycles. The number of nitro groups is 1. The van der Waals surface area contributed by atoms with Gasteiger partial charge in [-0.25, -0.2) is 0 Å². The molecule has 68 valence electrons. The predicted molar refractivity (Wildman–Crippen MR) is 45.8 cm³/mol. The smallest absolute Gasteiger partial charge is 0.235 e. The summed E-state index contributed by atoms with van der Waals surface area (Å²) in [7, 11) is 0. The molecule has 0 atom stereocenters. The zero-order valence-corrected chi connectivity index (χ0v) is 6.54. The van der Waals surface area contributed by atoms with E-state index in [-0.39, 0.29) is 17.1 Å². The van der Waals surface area contributed by atoms with Gasteiger partial charge in [0, 0.05) is 17.7 Å². The largest absolute Gasteiger partial charge is 0.508 e. The van der Waals surface area contributed by atoms with Crippen LogP contribution in [0.5, 0.6) is 11.5 Å². The summed E-state index contributed by atoms with van der Waals surface area (Å²) in [6.07, 6.45) is 1.86. The van der Waals surface area contributed by atoms with Crippen molar-refractivity contribution >= 4 is 6.08 Å². The Morgan fingerprint density at radius 2 is 2.08 bits per heavy atom. The molecular formula is C8H7NO4. The van der Waals surface area contributed by atoms with Gasteiger partial charge in [0.25, 0.3) is 0 Å². The van der Waals surface area contributed by atoms with Gasteiger partial charge in [0.15, 0.2) is 0 Å². The lowest BCUT2D eigenvalue weighted by Crippen LogP contribution is -1.82. The fourth-order valence-electron chi connectivity index (χ4n) is 0.814. The third-order valence-electron chi connectivity index (χ3n) is 1.39. The molecule has 0 fully saturated rings. The van der Waals surface area contributed by atoms with E-state index < -0.39 is 4.92 Å². The summed E-state index contributed by atoms with van der Waals surface area (Å²) in [6, 6.07) is 3.82. The molecule has 1 aromatic rings. The molecule has 5 nitrogen and oxygen atoms in total. The first-order chi connectivity index (χ1) is 6.09. The van der Waals surface area contributed by atoms with E-state index in [1.807, 2.05) is 0 Å². The Kier molecular flexibility index (Phi) is 2.49. The van der Waals surface area contributed by atoms with Crippen molar-refractivity contribution in [2.24, 2.45) is 0 Å². The minimum absolute atomic E-state index is 0.0873. The zero-order chi connectivity index (χ0) is 9.84. The first-order valence-electron chi connectivity index (χ1n) is 3.43. The minimum atomic E-state index is -0.633. The third kappa shape index (κ3) is 2.48. The van der Waals surface area contributed by atoms with Crippen molar-refractivity contribution in [1.29, 1.82) is 0 Å². The highest BCUT2D eigenvalue weighted by Gasteiger charge is 1.99. The van der Waals surface area contributed by atoms with Crippen LogP contribution in [-0.4, -0.2) is 15.1 Å². The monoisotopic (exact) mass is 181 g/mol. The normalized spacial score (nSPS) is 10.5. The van der Waals surface area contributed by atoms with Crippen molar-refractivity contribution in [3.63, 3.8) is 0 Å². The van der Waals surface area contributed by atoms with E-state index in [4.69, 9.17) is 5.11 Å². The second-order valence-corrected chi connectivity index (χ2v) is 2.34. The number of rotatable bonds is 2. The van der Waals surface area contributed by atoms with Crippen LogP contribution < -0.4 is 0 Å². The average molecular weight is 181 g/mol. The van der Waals surface area contributed by atoms with Crippen LogP contribution in [0.25, 0.3) is 6.08 Å². The molecule has 0 aliphatic heterocycles. The fourth-order valence-corrected chi connectivity index (χ4v) is 0.814. The third-order valence-corrected chi connectivity index (χ3v) is 1.39. The summed E-state index contributed by atoms with van der Waals surface area (Å²) in [6.45, 7) is 0. The van der Waals surface area contributed by atoms with Gasteiger partial charge >= 0.3 is 0 Å². The van der Waals surface area contributed by atoms with Crippen molar-refractivity contribution in [3.8, 4) is 11.5 Å². The maximum atomic E-state index is 9.94. The molecule has 5 heteroatoms. The topological polar surface area (TPSA) is 83.6 Å². The van der Waals surface area contributed by atoms with Gasteiger partial charge in [-0.2, -0.15) is 0 Å². The first-order valence-corrected chi connectivity index (χ1v) is 3.43. The molecule has 0 aliphatic carbocycles. The maximum Gasteiger partial charge on any atom is 0.235 e. The van der Waals surface area contributed by atoms with Crippen LogP contribution in [0.4, 0.5) is 0 Å². The predicted octanol–water partition coefficient (Wildman–Crippen LogP) is 1.35. The minimum Gasteiger partial charge on any atom is -0.508 e. The van der Waals surface area contributed by atoms with Gasteiger partial charge in [0.1, 0.15) is 11.5 Å². The summed E-state index contributed by atoms with van der Waals surface area (Å²) in [4.78, 5) is 9.31. The second kappa shape index (κ2) is 3.57. The second-order valence-electron chi connectivity index (χ2n) is 2.34. The van der Waals surface area contributed by atoms with Crippen molar-refractivity contribution < 1.29 is 15.1 Å². The molecule has 1 aromatic carbocycles. The first kappa shape index (κ1) is 9.05. The number of phenolic OH excluding ortho intramolecular Hbond substituents is 2.